The standard InChI is InChI=1S/C9H13N3O2/c1-11-8(13)10-12(9(11)14)7-5-3-2-4-6-7/h3,5,7H,2,4,6H2,1H3,(H,10,13)/p-1/t7-/m0/s1. The molecule has 0 saturated heterocycles. The third kappa shape index (κ3) is 1.34. The molecule has 0 bridgehead atoms. The van der Waals surface area contributed by atoms with E-state index in [0.717, 1.165) is 23.8 Å². The van der Waals surface area contributed by atoms with Crippen LogP contribution < -0.4 is 10.8 Å². The Hall–Kier alpha value is -1.52. The van der Waals surface area contributed by atoms with Crippen LogP contribution in [-0.2, 0) is 7.05 Å². The molecule has 1 aromatic heterocycles. The van der Waals surface area contributed by atoms with Crippen molar-refractivity contribution in [3.8, 4) is 6.01 Å². The van der Waals surface area contributed by atoms with Gasteiger partial charge in [-0.25, -0.2) is 9.48 Å². The summed E-state index contributed by atoms with van der Waals surface area (Å²) in [5.41, 5.74) is -0.327. The Bertz CT molecular complexity index is 416. The molecule has 5 nitrogen and oxygen atoms in total. The Balaban J connectivity index is 2.41. The Labute approximate surface area is 81.3 Å². The van der Waals surface area contributed by atoms with E-state index in [-0.39, 0.29) is 11.7 Å². The fraction of sp³-hybridized carbons (Fsp3) is 0.556. The third-order valence-electron chi connectivity index (χ3n) is 2.51. The van der Waals surface area contributed by atoms with Gasteiger partial charge in [0, 0.05) is 7.05 Å². The lowest BCUT2D eigenvalue weighted by molar-refractivity contribution is -0.285. The van der Waals surface area contributed by atoms with Crippen molar-refractivity contribution in [3.05, 3.63) is 22.6 Å². The molecule has 2 rings (SSSR count). The highest BCUT2D eigenvalue weighted by molar-refractivity contribution is 4.98. The molecule has 0 fully saturated rings. The molecule has 1 aromatic rings. The molecule has 76 valence electrons. The molecule has 0 unspecified atom stereocenters. The van der Waals surface area contributed by atoms with Gasteiger partial charge in [0.2, 0.25) is 0 Å². The summed E-state index contributed by atoms with van der Waals surface area (Å²) in [6, 6.07) is -0.515. The molecule has 0 aromatic carbocycles. The van der Waals surface area contributed by atoms with Crippen LogP contribution in [0.15, 0.2) is 16.9 Å². The van der Waals surface area contributed by atoms with Gasteiger partial charge in [-0.1, -0.05) is 12.2 Å². The van der Waals surface area contributed by atoms with Gasteiger partial charge in [0.25, 0.3) is 0 Å². The maximum atomic E-state index is 11.5. The lowest BCUT2D eigenvalue weighted by Crippen LogP contribution is -2.27. The highest BCUT2D eigenvalue weighted by Crippen LogP contribution is 2.20. The van der Waals surface area contributed by atoms with E-state index in [1.165, 1.54) is 11.7 Å². The van der Waals surface area contributed by atoms with Crippen LogP contribution in [0.1, 0.15) is 25.3 Å². The quantitative estimate of drug-likeness (QED) is 0.588. The van der Waals surface area contributed by atoms with E-state index in [1.54, 1.807) is 0 Å². The van der Waals surface area contributed by atoms with Crippen molar-refractivity contribution in [2.45, 2.75) is 25.3 Å². The molecule has 1 aliphatic rings. The van der Waals surface area contributed by atoms with E-state index in [4.69, 9.17) is 0 Å². The normalized spacial score (nSPS) is 21.4. The first-order valence-corrected chi connectivity index (χ1v) is 4.69. The van der Waals surface area contributed by atoms with Crippen molar-refractivity contribution in [2.75, 3.05) is 0 Å². The van der Waals surface area contributed by atoms with E-state index in [1.807, 2.05) is 12.2 Å². The molecular formula is C9H12N3O2-. The zero-order chi connectivity index (χ0) is 10.1. The summed E-state index contributed by atoms with van der Waals surface area (Å²) in [6.07, 6.45) is 6.94. The van der Waals surface area contributed by atoms with Gasteiger partial charge in [0.1, 0.15) is 0 Å². The maximum Gasteiger partial charge on any atom is 0.345 e. The van der Waals surface area contributed by atoms with Crippen molar-refractivity contribution >= 4 is 0 Å². The van der Waals surface area contributed by atoms with E-state index < -0.39 is 6.01 Å². The lowest BCUT2D eigenvalue weighted by Gasteiger charge is -2.15. The molecule has 0 saturated carbocycles. The Morgan fingerprint density at radius 1 is 1.64 bits per heavy atom. The molecule has 0 spiro atoms. The monoisotopic (exact) mass is 194 g/mol. The predicted molar refractivity (Wildman–Crippen MR) is 48.9 cm³/mol. The molecule has 0 radical (unpaired) electrons. The highest BCUT2D eigenvalue weighted by atomic mass is 16.3. The Kier molecular flexibility index (Phi) is 2.15. The minimum Gasteiger partial charge on any atom is -0.844 e. The van der Waals surface area contributed by atoms with Gasteiger partial charge >= 0.3 is 5.69 Å². The minimum atomic E-state index is -0.478. The summed E-state index contributed by atoms with van der Waals surface area (Å²) < 4.78 is 2.31. The molecule has 1 aliphatic carbocycles. The molecule has 1 heterocycles. The summed E-state index contributed by atoms with van der Waals surface area (Å²) >= 11 is 0. The topological polar surface area (TPSA) is 62.9 Å². The first-order valence-electron chi connectivity index (χ1n) is 4.69. The fourth-order valence-electron chi connectivity index (χ4n) is 1.65. The van der Waals surface area contributed by atoms with Gasteiger partial charge in [-0.2, -0.15) is 5.10 Å². The molecule has 5 heteroatoms. The van der Waals surface area contributed by atoms with Crippen LogP contribution in [0.25, 0.3) is 0 Å². The van der Waals surface area contributed by atoms with Crippen LogP contribution in [0.4, 0.5) is 0 Å². The third-order valence-corrected chi connectivity index (χ3v) is 2.51. The summed E-state index contributed by atoms with van der Waals surface area (Å²) in [5.74, 6) is 0. The van der Waals surface area contributed by atoms with Gasteiger partial charge in [0.05, 0.1) is 12.1 Å². The number of allylic oxidation sites excluding steroid dienone is 2. The van der Waals surface area contributed by atoms with Crippen molar-refractivity contribution in [2.24, 2.45) is 7.05 Å². The first kappa shape index (κ1) is 9.05. The maximum absolute atomic E-state index is 11.5. The van der Waals surface area contributed by atoms with Gasteiger partial charge in [-0.05, 0) is 19.3 Å². The molecule has 0 N–H and O–H groups in total. The molecule has 1 atom stereocenters. The van der Waals surface area contributed by atoms with Crippen LogP contribution in [0, 0.1) is 0 Å². The number of aromatic nitrogens is 3. The van der Waals surface area contributed by atoms with Gasteiger partial charge in [-0.3, -0.25) is 4.57 Å². The van der Waals surface area contributed by atoms with Gasteiger partial charge in [-0.15, -0.1) is 0 Å². The van der Waals surface area contributed by atoms with Crippen LogP contribution in [0.2, 0.25) is 0 Å². The molecule has 0 aliphatic heterocycles. The summed E-state index contributed by atoms with van der Waals surface area (Å²) in [7, 11) is 1.45. The van der Waals surface area contributed by atoms with Gasteiger partial charge in [0.15, 0.2) is 0 Å². The molecule has 14 heavy (non-hydrogen) atoms. The van der Waals surface area contributed by atoms with Gasteiger partial charge < -0.3 is 5.11 Å². The van der Waals surface area contributed by atoms with E-state index >= 15 is 0 Å². The second kappa shape index (κ2) is 3.32. The van der Waals surface area contributed by atoms with Crippen molar-refractivity contribution in [1.82, 2.24) is 14.3 Å². The van der Waals surface area contributed by atoms with Crippen LogP contribution in [-0.4, -0.2) is 14.3 Å². The predicted octanol–water partition coefficient (Wildman–Crippen LogP) is -0.0634. The second-order valence-corrected chi connectivity index (χ2v) is 3.50. The summed E-state index contributed by atoms with van der Waals surface area (Å²) in [4.78, 5) is 11.5. The Morgan fingerprint density at radius 2 is 2.43 bits per heavy atom. The SMILES string of the molecule is Cn1c([O-])nn([C@H]2C=CCCC2)c1=O. The number of hydrogen-bond acceptors (Lipinski definition) is 3. The molecular weight excluding hydrogens is 182 g/mol. The average molecular weight is 194 g/mol. The zero-order valence-corrected chi connectivity index (χ0v) is 8.01. The number of nitrogens with zero attached hydrogens (tertiary/aromatic N) is 3. The molecule has 0 amide bonds. The van der Waals surface area contributed by atoms with Crippen LogP contribution >= 0.6 is 0 Å². The van der Waals surface area contributed by atoms with Crippen LogP contribution in [0.5, 0.6) is 6.01 Å². The van der Waals surface area contributed by atoms with Crippen molar-refractivity contribution < 1.29 is 5.11 Å². The summed E-state index contributed by atoms with van der Waals surface area (Å²) in [5, 5.41) is 14.8. The van der Waals surface area contributed by atoms with E-state index in [9.17, 15) is 9.90 Å². The van der Waals surface area contributed by atoms with Crippen molar-refractivity contribution in [1.29, 1.82) is 0 Å². The number of rotatable bonds is 1. The largest absolute Gasteiger partial charge is 0.844 e. The van der Waals surface area contributed by atoms with Crippen LogP contribution in [0.3, 0.4) is 0 Å². The van der Waals surface area contributed by atoms with Crippen molar-refractivity contribution in [3.63, 3.8) is 0 Å². The minimum absolute atomic E-state index is 0.0369. The summed E-state index contributed by atoms with van der Waals surface area (Å²) in [6.45, 7) is 0. The fourth-order valence-corrected chi connectivity index (χ4v) is 1.65. The second-order valence-electron chi connectivity index (χ2n) is 3.50. The Morgan fingerprint density at radius 3 is 2.93 bits per heavy atom. The first-order chi connectivity index (χ1) is 6.70. The zero-order valence-electron chi connectivity index (χ0n) is 8.01. The smallest absolute Gasteiger partial charge is 0.345 e. The average Bonchev–Trinajstić information content (AvgIpc) is 2.47. The highest BCUT2D eigenvalue weighted by Gasteiger charge is 2.14. The lowest BCUT2D eigenvalue weighted by atomic mass is 10.0. The number of hydrogen-bond donors (Lipinski definition) is 0. The van der Waals surface area contributed by atoms with E-state index in [2.05, 4.69) is 5.10 Å². The van der Waals surface area contributed by atoms with E-state index in [0.29, 0.717) is 0 Å².